The van der Waals surface area contributed by atoms with Crippen molar-refractivity contribution in [1.82, 2.24) is 9.80 Å². The van der Waals surface area contributed by atoms with Gasteiger partial charge in [0.1, 0.15) is 23.7 Å². The summed E-state index contributed by atoms with van der Waals surface area (Å²) in [5, 5.41) is 0.154. The average molecular weight is 503 g/mol. The van der Waals surface area contributed by atoms with Crippen LogP contribution in [0.15, 0.2) is 59.1 Å². The van der Waals surface area contributed by atoms with Gasteiger partial charge in [0, 0.05) is 14.1 Å². The summed E-state index contributed by atoms with van der Waals surface area (Å²) in [7, 11) is 3.06. The van der Waals surface area contributed by atoms with Crippen LogP contribution in [0, 0.1) is 5.82 Å². The van der Waals surface area contributed by atoms with Crippen molar-refractivity contribution in [3.63, 3.8) is 0 Å². The molecule has 1 aliphatic rings. The van der Waals surface area contributed by atoms with Gasteiger partial charge in [-0.05, 0) is 81.6 Å². The van der Waals surface area contributed by atoms with Crippen LogP contribution in [0.3, 0.4) is 0 Å². The van der Waals surface area contributed by atoms with Crippen LogP contribution in [0.25, 0.3) is 6.08 Å². The van der Waals surface area contributed by atoms with Gasteiger partial charge >= 0.3 is 0 Å². The predicted octanol–water partition coefficient (Wildman–Crippen LogP) is 4.49. The van der Waals surface area contributed by atoms with Crippen LogP contribution < -0.4 is 4.74 Å². The van der Waals surface area contributed by atoms with E-state index in [-0.39, 0.29) is 23.1 Å². The van der Waals surface area contributed by atoms with E-state index in [4.69, 9.17) is 17.0 Å². The van der Waals surface area contributed by atoms with Crippen LogP contribution in [0.5, 0.6) is 5.75 Å². The molecular formula is C23H20BrFN2O3S. The highest BCUT2D eigenvalue weighted by atomic mass is 79.9. The van der Waals surface area contributed by atoms with Crippen molar-refractivity contribution in [2.24, 2.45) is 0 Å². The summed E-state index contributed by atoms with van der Waals surface area (Å²) in [5.74, 6) is -0.658. The molecule has 1 heterocycles. The molecule has 0 N–H and O–H groups in total. The number of rotatable bonds is 6. The zero-order chi connectivity index (χ0) is 22.7. The molecular weight excluding hydrogens is 483 g/mol. The molecule has 2 amide bonds. The molecule has 0 aliphatic carbocycles. The Balaban J connectivity index is 1.95. The molecule has 1 aliphatic heterocycles. The van der Waals surface area contributed by atoms with E-state index in [0.29, 0.717) is 27.8 Å². The van der Waals surface area contributed by atoms with Gasteiger partial charge in [0.25, 0.3) is 11.8 Å². The van der Waals surface area contributed by atoms with E-state index in [1.807, 2.05) is 6.07 Å². The minimum Gasteiger partial charge on any atom is -0.487 e. The zero-order valence-corrected chi connectivity index (χ0v) is 19.4. The van der Waals surface area contributed by atoms with Crippen LogP contribution in [0.4, 0.5) is 4.39 Å². The molecule has 160 valence electrons. The maximum atomic E-state index is 13.4. The molecule has 0 saturated carbocycles. The number of halogens is 2. The summed E-state index contributed by atoms with van der Waals surface area (Å²) in [6.45, 7) is 3.97. The second kappa shape index (κ2) is 9.53. The van der Waals surface area contributed by atoms with Gasteiger partial charge in [-0.25, -0.2) is 4.39 Å². The Morgan fingerprint density at radius 3 is 2.45 bits per heavy atom. The smallest absolute Gasteiger partial charge is 0.265 e. The van der Waals surface area contributed by atoms with Gasteiger partial charge < -0.3 is 4.74 Å². The van der Waals surface area contributed by atoms with E-state index in [0.717, 1.165) is 5.56 Å². The molecule has 0 aromatic heterocycles. The second-order valence-corrected chi connectivity index (χ2v) is 8.19. The Hall–Kier alpha value is -2.84. The molecule has 2 aromatic rings. The Morgan fingerprint density at radius 2 is 1.84 bits per heavy atom. The summed E-state index contributed by atoms with van der Waals surface area (Å²) in [5.41, 5.74) is 2.17. The Morgan fingerprint density at radius 1 is 1.16 bits per heavy atom. The fourth-order valence-electron chi connectivity index (χ4n) is 3.15. The number of likely N-dealkylation sites (N-methyl/N-ethyl adjacent to an activating group) is 2. The van der Waals surface area contributed by atoms with Gasteiger partial charge in [0.05, 0.1) is 4.47 Å². The van der Waals surface area contributed by atoms with E-state index in [1.165, 1.54) is 42.1 Å². The molecule has 3 rings (SSSR count). The van der Waals surface area contributed by atoms with E-state index in [9.17, 15) is 14.0 Å². The predicted molar refractivity (Wildman–Crippen MR) is 125 cm³/mol. The lowest BCUT2D eigenvalue weighted by molar-refractivity contribution is -0.132. The zero-order valence-electron chi connectivity index (χ0n) is 17.0. The fourth-order valence-corrected chi connectivity index (χ4v) is 3.95. The molecule has 5 nitrogen and oxygen atoms in total. The SMILES string of the molecule is C=CCc1cc(C=C2C(=O)N(C)C(=S)N(C)C2=O)cc(Br)c1OCc1cccc(F)c1. The lowest BCUT2D eigenvalue weighted by Crippen LogP contribution is -2.52. The summed E-state index contributed by atoms with van der Waals surface area (Å²) in [4.78, 5) is 27.7. The monoisotopic (exact) mass is 502 g/mol. The van der Waals surface area contributed by atoms with Gasteiger partial charge in [-0.15, -0.1) is 6.58 Å². The number of allylic oxidation sites excluding steroid dienone is 1. The topological polar surface area (TPSA) is 49.9 Å². The number of nitrogens with zero attached hydrogens (tertiary/aromatic N) is 2. The van der Waals surface area contributed by atoms with Gasteiger partial charge in [-0.2, -0.15) is 0 Å². The van der Waals surface area contributed by atoms with Crippen molar-refractivity contribution >= 4 is 51.2 Å². The molecule has 2 aromatic carbocycles. The minimum absolute atomic E-state index is 0.0171. The maximum absolute atomic E-state index is 13.4. The van der Waals surface area contributed by atoms with Crippen molar-refractivity contribution < 1.29 is 18.7 Å². The van der Waals surface area contributed by atoms with Gasteiger partial charge in [-0.3, -0.25) is 19.4 Å². The van der Waals surface area contributed by atoms with E-state index in [1.54, 1.807) is 24.3 Å². The third-order valence-electron chi connectivity index (χ3n) is 4.73. The Bertz CT molecular complexity index is 1090. The van der Waals surface area contributed by atoms with Gasteiger partial charge in [0.2, 0.25) is 0 Å². The Kier molecular flexibility index (Phi) is 7.02. The van der Waals surface area contributed by atoms with Crippen LogP contribution in [0.1, 0.15) is 16.7 Å². The summed E-state index contributed by atoms with van der Waals surface area (Å²) >= 11 is 8.63. The van der Waals surface area contributed by atoms with E-state index in [2.05, 4.69) is 22.5 Å². The number of benzene rings is 2. The summed E-state index contributed by atoms with van der Waals surface area (Å²) < 4.78 is 20.0. The normalized spacial score (nSPS) is 14.2. The number of ether oxygens (including phenoxy) is 1. The first-order chi connectivity index (χ1) is 14.7. The van der Waals surface area contributed by atoms with Crippen LogP contribution in [-0.4, -0.2) is 40.8 Å². The fraction of sp³-hybridized carbons (Fsp3) is 0.174. The lowest BCUT2D eigenvalue weighted by Gasteiger charge is -2.31. The van der Waals surface area contributed by atoms with Crippen LogP contribution in [0.2, 0.25) is 0 Å². The largest absolute Gasteiger partial charge is 0.487 e. The van der Waals surface area contributed by atoms with Crippen LogP contribution >= 0.6 is 28.1 Å². The third kappa shape index (κ3) is 4.91. The van der Waals surface area contributed by atoms with Crippen molar-refractivity contribution in [2.75, 3.05) is 14.1 Å². The highest BCUT2D eigenvalue weighted by Gasteiger charge is 2.35. The second-order valence-electron chi connectivity index (χ2n) is 6.97. The van der Waals surface area contributed by atoms with E-state index >= 15 is 0 Å². The van der Waals surface area contributed by atoms with Crippen molar-refractivity contribution in [1.29, 1.82) is 0 Å². The molecule has 0 radical (unpaired) electrons. The number of hydrogen-bond donors (Lipinski definition) is 0. The molecule has 31 heavy (non-hydrogen) atoms. The molecule has 0 unspecified atom stereocenters. The number of carbonyl (C=O) groups is 2. The molecule has 0 bridgehead atoms. The molecule has 0 atom stereocenters. The van der Waals surface area contributed by atoms with Gasteiger partial charge in [0.15, 0.2) is 5.11 Å². The average Bonchev–Trinajstić information content (AvgIpc) is 2.73. The first-order valence-electron chi connectivity index (χ1n) is 9.35. The highest BCUT2D eigenvalue weighted by molar-refractivity contribution is 9.10. The quantitative estimate of drug-likeness (QED) is 0.252. The maximum Gasteiger partial charge on any atom is 0.265 e. The highest BCUT2D eigenvalue weighted by Crippen LogP contribution is 2.33. The third-order valence-corrected chi connectivity index (χ3v) is 5.87. The van der Waals surface area contributed by atoms with Gasteiger partial charge in [-0.1, -0.05) is 18.2 Å². The number of carbonyl (C=O) groups excluding carboxylic acids is 2. The number of thiocarbonyl (C=S) groups is 1. The standard InChI is InChI=1S/C23H20BrFN2O3S/c1-4-6-16-9-15(11-18-21(28)26(2)23(31)27(3)22(18)29)12-19(24)20(16)30-13-14-7-5-8-17(25)10-14/h4-5,7-12H,1,6,13H2,2-3H3. The van der Waals surface area contributed by atoms with Crippen molar-refractivity contribution in [3.8, 4) is 5.75 Å². The first kappa shape index (κ1) is 22.8. The molecule has 0 spiro atoms. The minimum atomic E-state index is -0.457. The lowest BCUT2D eigenvalue weighted by atomic mass is 10.0. The molecule has 8 heteroatoms. The number of hydrogen-bond acceptors (Lipinski definition) is 4. The van der Waals surface area contributed by atoms with Crippen LogP contribution in [-0.2, 0) is 22.6 Å². The van der Waals surface area contributed by atoms with Crippen molar-refractivity contribution in [3.05, 3.63) is 81.6 Å². The molecule has 1 saturated heterocycles. The first-order valence-corrected chi connectivity index (χ1v) is 10.6. The van der Waals surface area contributed by atoms with Crippen molar-refractivity contribution in [2.45, 2.75) is 13.0 Å². The summed E-state index contributed by atoms with van der Waals surface area (Å²) in [6.07, 6.45) is 3.76. The Labute approximate surface area is 193 Å². The van der Waals surface area contributed by atoms with E-state index < -0.39 is 11.8 Å². The number of amides is 2. The molecule has 1 fully saturated rings. The summed E-state index contributed by atoms with van der Waals surface area (Å²) in [6, 6.07) is 9.78.